The average molecular weight is 461 g/mol. The molecule has 0 spiro atoms. The predicted molar refractivity (Wildman–Crippen MR) is 135 cm³/mol. The van der Waals surface area contributed by atoms with E-state index in [0.717, 1.165) is 50.2 Å². The monoisotopic (exact) mass is 460 g/mol. The highest BCUT2D eigenvalue weighted by atomic mass is 16.2. The SMILES string of the molecule is NC(=O)NCCC(=O)C(C1CCc2ccccc2N1)N1CCN(c2cccc3[nH]ccc23)CC1. The number of urea groups is 1. The summed E-state index contributed by atoms with van der Waals surface area (Å²) >= 11 is 0. The summed E-state index contributed by atoms with van der Waals surface area (Å²) < 4.78 is 0. The molecule has 34 heavy (non-hydrogen) atoms. The van der Waals surface area contributed by atoms with Gasteiger partial charge in [-0.1, -0.05) is 24.3 Å². The zero-order chi connectivity index (χ0) is 23.5. The molecule has 8 heteroatoms. The number of anilines is 2. The van der Waals surface area contributed by atoms with Crippen LogP contribution in [0.5, 0.6) is 0 Å². The van der Waals surface area contributed by atoms with Gasteiger partial charge in [-0.25, -0.2) is 4.79 Å². The van der Waals surface area contributed by atoms with Crippen LogP contribution in [0.4, 0.5) is 16.2 Å². The third kappa shape index (κ3) is 4.59. The highest BCUT2D eigenvalue weighted by molar-refractivity contribution is 5.92. The van der Waals surface area contributed by atoms with Crippen molar-refractivity contribution >= 4 is 34.1 Å². The van der Waals surface area contributed by atoms with E-state index in [1.54, 1.807) is 0 Å². The van der Waals surface area contributed by atoms with Crippen LogP contribution in [-0.4, -0.2) is 66.5 Å². The van der Waals surface area contributed by atoms with Crippen molar-refractivity contribution in [1.82, 2.24) is 15.2 Å². The Morgan fingerprint density at radius 3 is 2.71 bits per heavy atom. The van der Waals surface area contributed by atoms with Gasteiger partial charge in [-0.15, -0.1) is 0 Å². The van der Waals surface area contributed by atoms with E-state index in [2.05, 4.69) is 67.9 Å². The highest BCUT2D eigenvalue weighted by Gasteiger charge is 2.36. The van der Waals surface area contributed by atoms with Crippen LogP contribution in [-0.2, 0) is 11.2 Å². The molecule has 2 unspecified atom stereocenters. The van der Waals surface area contributed by atoms with Gasteiger partial charge in [0.2, 0.25) is 0 Å². The van der Waals surface area contributed by atoms with Crippen LogP contribution in [0, 0.1) is 0 Å². The molecule has 2 atom stereocenters. The zero-order valence-electron chi connectivity index (χ0n) is 19.3. The number of hydrogen-bond acceptors (Lipinski definition) is 5. The summed E-state index contributed by atoms with van der Waals surface area (Å²) in [6.07, 6.45) is 4.11. The number of aromatic nitrogens is 1. The second-order valence-electron chi connectivity index (χ2n) is 9.14. The maximum absolute atomic E-state index is 13.4. The molecule has 3 heterocycles. The Balaban J connectivity index is 1.32. The molecule has 2 aromatic carbocycles. The molecule has 2 aliphatic heterocycles. The maximum Gasteiger partial charge on any atom is 0.312 e. The standard InChI is InChI=1S/C26H32N6O2/c27-26(34)29-13-11-24(33)25(22-9-8-18-4-1-2-5-20(18)30-22)32-16-14-31(15-17-32)23-7-3-6-21-19(23)10-12-28-21/h1-7,10,12,22,25,28,30H,8-9,11,13-17H2,(H3,27,29,34). The van der Waals surface area contributed by atoms with Gasteiger partial charge in [0.25, 0.3) is 0 Å². The lowest BCUT2D eigenvalue weighted by Gasteiger charge is -2.44. The molecular weight excluding hydrogens is 428 g/mol. The number of nitrogens with two attached hydrogens (primary N) is 1. The van der Waals surface area contributed by atoms with Gasteiger partial charge >= 0.3 is 6.03 Å². The van der Waals surface area contributed by atoms with Crippen molar-refractivity contribution in [1.29, 1.82) is 0 Å². The number of H-pyrrole nitrogens is 1. The molecule has 0 radical (unpaired) electrons. The van der Waals surface area contributed by atoms with Gasteiger partial charge in [0.15, 0.2) is 5.78 Å². The number of nitrogens with zero attached hydrogens (tertiary/aromatic N) is 2. The minimum Gasteiger partial charge on any atom is -0.380 e. The van der Waals surface area contributed by atoms with E-state index in [1.807, 2.05) is 12.3 Å². The Hall–Kier alpha value is -3.52. The number of nitrogens with one attached hydrogen (secondary N) is 3. The molecule has 2 aliphatic rings. The fraction of sp³-hybridized carbons (Fsp3) is 0.385. The fourth-order valence-corrected chi connectivity index (χ4v) is 5.42. The minimum atomic E-state index is -0.596. The van der Waals surface area contributed by atoms with Crippen LogP contribution >= 0.6 is 0 Å². The average Bonchev–Trinajstić information content (AvgIpc) is 3.34. The number of Topliss-reactive ketones (excluding diaryl/α,β-unsaturated/α-hetero) is 1. The topological polar surface area (TPSA) is 106 Å². The third-order valence-corrected chi connectivity index (χ3v) is 7.08. The van der Waals surface area contributed by atoms with E-state index in [-0.39, 0.29) is 30.8 Å². The Kier molecular flexibility index (Phi) is 6.40. The van der Waals surface area contributed by atoms with Gasteiger partial charge in [-0.05, 0) is 42.7 Å². The first kappa shape index (κ1) is 22.3. The van der Waals surface area contributed by atoms with Crippen LogP contribution in [0.25, 0.3) is 10.9 Å². The summed E-state index contributed by atoms with van der Waals surface area (Å²) in [5, 5.41) is 7.44. The normalized spacial score (nSPS) is 19.3. The Morgan fingerprint density at radius 2 is 1.88 bits per heavy atom. The number of carbonyl (C=O) groups is 2. The highest BCUT2D eigenvalue weighted by Crippen LogP contribution is 2.30. The second kappa shape index (κ2) is 9.77. The van der Waals surface area contributed by atoms with E-state index in [9.17, 15) is 9.59 Å². The quantitative estimate of drug-likeness (QED) is 0.434. The fourth-order valence-electron chi connectivity index (χ4n) is 5.42. The van der Waals surface area contributed by atoms with Crippen molar-refractivity contribution in [2.24, 2.45) is 5.73 Å². The Morgan fingerprint density at radius 1 is 1.06 bits per heavy atom. The van der Waals surface area contributed by atoms with E-state index in [1.165, 1.54) is 16.6 Å². The van der Waals surface area contributed by atoms with Crippen LogP contribution in [0.1, 0.15) is 18.4 Å². The zero-order valence-corrected chi connectivity index (χ0v) is 19.3. The number of ketones is 1. The predicted octanol–water partition coefficient (Wildman–Crippen LogP) is 2.71. The van der Waals surface area contributed by atoms with Gasteiger partial charge in [0.1, 0.15) is 0 Å². The summed E-state index contributed by atoms with van der Waals surface area (Å²) in [6, 6.07) is 16.0. The summed E-state index contributed by atoms with van der Waals surface area (Å²) in [5.41, 5.74) is 9.99. The number of benzene rings is 2. The van der Waals surface area contributed by atoms with Gasteiger partial charge in [-0.2, -0.15) is 0 Å². The van der Waals surface area contributed by atoms with E-state index in [4.69, 9.17) is 5.73 Å². The number of piperazine rings is 1. The number of aryl methyl sites for hydroxylation is 1. The second-order valence-corrected chi connectivity index (χ2v) is 9.14. The molecule has 1 saturated heterocycles. The maximum atomic E-state index is 13.4. The van der Waals surface area contributed by atoms with Crippen molar-refractivity contribution < 1.29 is 9.59 Å². The molecule has 5 rings (SSSR count). The molecule has 1 fully saturated rings. The summed E-state index contributed by atoms with van der Waals surface area (Å²) in [6.45, 7) is 3.60. The van der Waals surface area contributed by atoms with Crippen LogP contribution < -0.4 is 21.3 Å². The first-order chi connectivity index (χ1) is 16.6. The van der Waals surface area contributed by atoms with Crippen molar-refractivity contribution in [2.75, 3.05) is 42.9 Å². The number of aromatic amines is 1. The summed E-state index contributed by atoms with van der Waals surface area (Å²) in [5.74, 6) is 0.145. The third-order valence-electron chi connectivity index (χ3n) is 7.08. The van der Waals surface area contributed by atoms with Crippen molar-refractivity contribution in [3.63, 3.8) is 0 Å². The first-order valence-corrected chi connectivity index (χ1v) is 12.1. The molecular formula is C26H32N6O2. The van der Waals surface area contributed by atoms with Crippen LogP contribution in [0.15, 0.2) is 54.7 Å². The molecule has 8 nitrogen and oxygen atoms in total. The molecule has 3 aromatic rings. The summed E-state index contributed by atoms with van der Waals surface area (Å²) in [4.78, 5) is 32.6. The van der Waals surface area contributed by atoms with Gasteiger partial charge in [0, 0.05) is 73.7 Å². The molecule has 0 bridgehead atoms. The first-order valence-electron chi connectivity index (χ1n) is 12.1. The lowest BCUT2D eigenvalue weighted by Crippen LogP contribution is -2.59. The Bertz CT molecular complexity index is 1170. The molecule has 5 N–H and O–H groups in total. The van der Waals surface area contributed by atoms with Gasteiger partial charge < -0.3 is 26.3 Å². The van der Waals surface area contributed by atoms with Crippen LogP contribution in [0.2, 0.25) is 0 Å². The number of carbonyl (C=O) groups excluding carboxylic acids is 2. The number of rotatable bonds is 7. The van der Waals surface area contributed by atoms with E-state index in [0.29, 0.717) is 0 Å². The number of hydrogen-bond donors (Lipinski definition) is 4. The number of amides is 2. The van der Waals surface area contributed by atoms with Gasteiger partial charge in [0.05, 0.1) is 6.04 Å². The van der Waals surface area contributed by atoms with E-state index >= 15 is 0 Å². The van der Waals surface area contributed by atoms with Crippen molar-refractivity contribution in [2.45, 2.75) is 31.3 Å². The number of para-hydroxylation sites is 1. The minimum absolute atomic E-state index is 0.0376. The Labute approximate surface area is 199 Å². The summed E-state index contributed by atoms with van der Waals surface area (Å²) in [7, 11) is 0. The lowest BCUT2D eigenvalue weighted by molar-refractivity contribution is -0.125. The number of fused-ring (bicyclic) bond motifs is 2. The van der Waals surface area contributed by atoms with Crippen molar-refractivity contribution in [3.05, 3.63) is 60.3 Å². The lowest BCUT2D eigenvalue weighted by atomic mass is 9.89. The van der Waals surface area contributed by atoms with Gasteiger partial charge in [-0.3, -0.25) is 9.69 Å². The molecule has 1 aromatic heterocycles. The van der Waals surface area contributed by atoms with Crippen LogP contribution in [0.3, 0.4) is 0 Å². The number of primary amides is 1. The molecule has 0 saturated carbocycles. The molecule has 2 amide bonds. The largest absolute Gasteiger partial charge is 0.380 e. The van der Waals surface area contributed by atoms with Crippen molar-refractivity contribution in [3.8, 4) is 0 Å². The smallest absolute Gasteiger partial charge is 0.312 e. The molecule has 0 aliphatic carbocycles. The molecule has 178 valence electrons. The van der Waals surface area contributed by atoms with E-state index < -0.39 is 6.03 Å².